The number of alkyl halides is 3. The first kappa shape index (κ1) is 14.1. The molecule has 20 heavy (non-hydrogen) atoms. The quantitative estimate of drug-likeness (QED) is 0.937. The Balaban J connectivity index is 2.01. The number of carbonyl (C=O) groups is 1. The van der Waals surface area contributed by atoms with Gasteiger partial charge in [-0.25, -0.2) is 4.98 Å². The van der Waals surface area contributed by atoms with Crippen molar-refractivity contribution in [2.24, 2.45) is 0 Å². The van der Waals surface area contributed by atoms with Crippen LogP contribution >= 0.6 is 0 Å². The minimum absolute atomic E-state index is 0.0265. The third-order valence-electron chi connectivity index (χ3n) is 2.60. The van der Waals surface area contributed by atoms with Crippen LogP contribution in [0.25, 0.3) is 0 Å². The van der Waals surface area contributed by atoms with Gasteiger partial charge in [0.2, 0.25) is 5.91 Å². The number of carbonyl (C=O) groups excluding carboxylic acids is 1. The van der Waals surface area contributed by atoms with Crippen LogP contribution in [0, 0.1) is 0 Å². The maximum absolute atomic E-state index is 12.7. The third kappa shape index (κ3) is 3.59. The molecule has 0 bridgehead atoms. The summed E-state index contributed by atoms with van der Waals surface area (Å²) < 4.78 is 42.9. The summed E-state index contributed by atoms with van der Waals surface area (Å²) in [5.41, 5.74) is -0.538. The highest BCUT2D eigenvalue weighted by atomic mass is 19.4. The van der Waals surface area contributed by atoms with E-state index in [1.54, 1.807) is 0 Å². The second-order valence-electron chi connectivity index (χ2n) is 4.07. The van der Waals surface area contributed by atoms with Gasteiger partial charge in [0, 0.05) is 12.8 Å². The van der Waals surface area contributed by atoms with Crippen LogP contribution in [0.1, 0.15) is 17.7 Å². The summed E-state index contributed by atoms with van der Waals surface area (Å²) in [6, 6.07) is 4.85. The number of amides is 1. The number of halogens is 3. The van der Waals surface area contributed by atoms with Crippen LogP contribution in [0.4, 0.5) is 18.9 Å². The first-order valence-electron chi connectivity index (χ1n) is 5.80. The SMILES string of the molecule is O=C(CCc1cocn1)Nc1ccccc1C(F)(F)F. The van der Waals surface area contributed by atoms with Gasteiger partial charge in [-0.15, -0.1) is 0 Å². The van der Waals surface area contributed by atoms with Crippen molar-refractivity contribution in [2.75, 3.05) is 5.32 Å². The highest BCUT2D eigenvalue weighted by molar-refractivity contribution is 5.91. The summed E-state index contributed by atoms with van der Waals surface area (Å²) in [4.78, 5) is 15.5. The minimum Gasteiger partial charge on any atom is -0.451 e. The molecule has 7 heteroatoms. The van der Waals surface area contributed by atoms with E-state index >= 15 is 0 Å². The fraction of sp³-hybridized carbons (Fsp3) is 0.231. The number of oxazole rings is 1. The summed E-state index contributed by atoms with van der Waals surface area (Å²) in [7, 11) is 0. The van der Waals surface area contributed by atoms with Crippen LogP contribution in [-0.2, 0) is 17.4 Å². The highest BCUT2D eigenvalue weighted by Crippen LogP contribution is 2.34. The van der Waals surface area contributed by atoms with Crippen LogP contribution in [0.2, 0.25) is 0 Å². The average molecular weight is 284 g/mol. The molecule has 0 spiro atoms. The van der Waals surface area contributed by atoms with Crippen molar-refractivity contribution in [1.82, 2.24) is 4.98 Å². The number of nitrogens with zero attached hydrogens (tertiary/aromatic N) is 1. The standard InChI is InChI=1S/C13H11F3N2O2/c14-13(15,16)10-3-1-2-4-11(10)18-12(19)6-5-9-7-20-8-17-9/h1-4,7-8H,5-6H2,(H,18,19). The summed E-state index contributed by atoms with van der Waals surface area (Å²) >= 11 is 0. The van der Waals surface area contributed by atoms with Gasteiger partial charge < -0.3 is 9.73 Å². The molecule has 0 saturated heterocycles. The predicted octanol–water partition coefficient (Wildman–Crippen LogP) is 3.26. The van der Waals surface area contributed by atoms with Gasteiger partial charge in [-0.05, 0) is 12.1 Å². The van der Waals surface area contributed by atoms with E-state index in [0.717, 1.165) is 6.07 Å². The Morgan fingerprint density at radius 1 is 1.30 bits per heavy atom. The molecule has 0 aliphatic carbocycles. The number of para-hydroxylation sites is 1. The number of anilines is 1. The third-order valence-corrected chi connectivity index (χ3v) is 2.60. The number of rotatable bonds is 4. The molecule has 1 aromatic carbocycles. The van der Waals surface area contributed by atoms with E-state index in [0.29, 0.717) is 12.1 Å². The van der Waals surface area contributed by atoms with Gasteiger partial charge in [-0.1, -0.05) is 12.1 Å². The van der Waals surface area contributed by atoms with Crippen LogP contribution in [0.15, 0.2) is 41.3 Å². The van der Waals surface area contributed by atoms with Crippen LogP contribution in [0.3, 0.4) is 0 Å². The molecular formula is C13H11F3N2O2. The first-order chi connectivity index (χ1) is 9.47. The smallest absolute Gasteiger partial charge is 0.418 e. The lowest BCUT2D eigenvalue weighted by Gasteiger charge is -2.13. The fourth-order valence-electron chi connectivity index (χ4n) is 1.65. The zero-order chi connectivity index (χ0) is 14.6. The molecular weight excluding hydrogens is 273 g/mol. The molecule has 0 radical (unpaired) electrons. The fourth-order valence-corrected chi connectivity index (χ4v) is 1.65. The predicted molar refractivity (Wildman–Crippen MR) is 64.9 cm³/mol. The van der Waals surface area contributed by atoms with Crippen molar-refractivity contribution < 1.29 is 22.4 Å². The van der Waals surface area contributed by atoms with Gasteiger partial charge in [0.15, 0.2) is 6.39 Å². The number of aromatic nitrogens is 1. The Labute approximate surface area is 112 Å². The van der Waals surface area contributed by atoms with Gasteiger partial charge in [0.05, 0.1) is 16.9 Å². The van der Waals surface area contributed by atoms with E-state index in [9.17, 15) is 18.0 Å². The molecule has 1 aromatic heterocycles. The summed E-state index contributed by atoms with van der Waals surface area (Å²) in [5.74, 6) is -0.510. The van der Waals surface area contributed by atoms with Gasteiger partial charge >= 0.3 is 6.18 Å². The monoisotopic (exact) mass is 284 g/mol. The van der Waals surface area contributed by atoms with E-state index < -0.39 is 17.6 Å². The van der Waals surface area contributed by atoms with Gasteiger partial charge in [0.1, 0.15) is 6.26 Å². The Kier molecular flexibility index (Phi) is 4.07. The number of benzene rings is 1. The van der Waals surface area contributed by atoms with Crippen molar-refractivity contribution >= 4 is 11.6 Å². The number of nitrogens with one attached hydrogen (secondary N) is 1. The molecule has 4 nitrogen and oxygen atoms in total. The summed E-state index contributed by atoms with van der Waals surface area (Å²) in [6.45, 7) is 0. The van der Waals surface area contributed by atoms with Crippen molar-refractivity contribution in [2.45, 2.75) is 19.0 Å². The molecule has 0 aliphatic heterocycles. The Morgan fingerprint density at radius 3 is 2.70 bits per heavy atom. The van der Waals surface area contributed by atoms with Crippen molar-refractivity contribution in [3.8, 4) is 0 Å². The van der Waals surface area contributed by atoms with Crippen LogP contribution in [-0.4, -0.2) is 10.9 Å². The van der Waals surface area contributed by atoms with Gasteiger partial charge in [-0.2, -0.15) is 13.2 Å². The van der Waals surface area contributed by atoms with Gasteiger partial charge in [-0.3, -0.25) is 4.79 Å². The van der Waals surface area contributed by atoms with E-state index in [4.69, 9.17) is 4.42 Å². The zero-order valence-electron chi connectivity index (χ0n) is 10.3. The zero-order valence-corrected chi connectivity index (χ0v) is 10.3. The maximum atomic E-state index is 12.7. The lowest BCUT2D eigenvalue weighted by Crippen LogP contribution is -2.16. The Hall–Kier alpha value is -2.31. The van der Waals surface area contributed by atoms with E-state index in [-0.39, 0.29) is 12.1 Å². The highest BCUT2D eigenvalue weighted by Gasteiger charge is 2.33. The van der Waals surface area contributed by atoms with E-state index in [2.05, 4.69) is 10.3 Å². The second kappa shape index (κ2) is 5.77. The second-order valence-corrected chi connectivity index (χ2v) is 4.07. The Bertz CT molecular complexity index is 580. The van der Waals surface area contributed by atoms with Crippen LogP contribution in [0.5, 0.6) is 0 Å². The molecule has 106 valence electrons. The summed E-state index contributed by atoms with van der Waals surface area (Å²) in [6.07, 6.45) is -1.56. The number of aryl methyl sites for hydroxylation is 1. The maximum Gasteiger partial charge on any atom is 0.418 e. The molecule has 0 fully saturated rings. The largest absolute Gasteiger partial charge is 0.451 e. The van der Waals surface area contributed by atoms with Crippen molar-refractivity contribution in [3.63, 3.8) is 0 Å². The molecule has 1 N–H and O–H groups in total. The minimum atomic E-state index is -4.50. The molecule has 2 rings (SSSR count). The first-order valence-corrected chi connectivity index (χ1v) is 5.80. The lowest BCUT2D eigenvalue weighted by molar-refractivity contribution is -0.137. The van der Waals surface area contributed by atoms with Crippen molar-refractivity contribution in [1.29, 1.82) is 0 Å². The number of hydrogen-bond acceptors (Lipinski definition) is 3. The lowest BCUT2D eigenvalue weighted by atomic mass is 10.1. The molecule has 2 aromatic rings. The normalized spacial score (nSPS) is 11.3. The summed E-state index contributed by atoms with van der Waals surface area (Å²) in [5, 5.41) is 2.26. The van der Waals surface area contributed by atoms with Crippen LogP contribution < -0.4 is 5.32 Å². The molecule has 1 amide bonds. The molecule has 0 atom stereocenters. The van der Waals surface area contributed by atoms with Crippen molar-refractivity contribution in [3.05, 3.63) is 48.2 Å². The van der Waals surface area contributed by atoms with Gasteiger partial charge in [0.25, 0.3) is 0 Å². The molecule has 0 saturated carbocycles. The molecule has 0 unspecified atom stereocenters. The van der Waals surface area contributed by atoms with E-state index in [1.165, 1.54) is 30.9 Å². The van der Waals surface area contributed by atoms with E-state index in [1.807, 2.05) is 0 Å². The topological polar surface area (TPSA) is 55.1 Å². The molecule has 1 heterocycles. The molecule has 0 aliphatic rings. The number of hydrogen-bond donors (Lipinski definition) is 1. The average Bonchev–Trinajstić information content (AvgIpc) is 2.89. The Morgan fingerprint density at radius 2 is 2.05 bits per heavy atom.